The van der Waals surface area contributed by atoms with E-state index in [9.17, 15) is 18.8 Å². The highest BCUT2D eigenvalue weighted by atomic mass is 32.2. The molecule has 3 aliphatic rings. The molecule has 13 heteroatoms. The topological polar surface area (TPSA) is 99.5 Å². The van der Waals surface area contributed by atoms with E-state index in [2.05, 4.69) is 4.74 Å². The van der Waals surface area contributed by atoms with Gasteiger partial charge in [-0.25, -0.2) is 13.6 Å². The van der Waals surface area contributed by atoms with Gasteiger partial charge < -0.3 is 23.8 Å². The number of halogens is 2. The fourth-order valence-corrected chi connectivity index (χ4v) is 7.27. The molecule has 0 spiro atoms. The van der Waals surface area contributed by atoms with E-state index in [1.54, 1.807) is 22.8 Å². The summed E-state index contributed by atoms with van der Waals surface area (Å²) in [6.45, 7) is 0.103. The Bertz CT molecular complexity index is 1630. The van der Waals surface area contributed by atoms with Crippen LogP contribution in [0.1, 0.15) is 46.1 Å². The van der Waals surface area contributed by atoms with E-state index in [4.69, 9.17) is 14.2 Å². The molecule has 6 rings (SSSR count). The number of carbonyl (C=O) groups excluding carboxylic acids is 2. The van der Waals surface area contributed by atoms with E-state index in [-0.39, 0.29) is 28.7 Å². The molecule has 1 amide bonds. The second-order valence-corrected chi connectivity index (χ2v) is 11.5. The number of fused-ring (bicyclic) bond motifs is 4. The van der Waals surface area contributed by atoms with Crippen molar-refractivity contribution >= 4 is 23.8 Å². The highest BCUT2D eigenvalue weighted by molar-refractivity contribution is 7.98. The normalized spacial score (nSPS) is 20.7. The zero-order valence-electron chi connectivity index (χ0n) is 23.5. The number of pyridine rings is 1. The van der Waals surface area contributed by atoms with Gasteiger partial charge in [-0.1, -0.05) is 24.3 Å². The zero-order valence-corrected chi connectivity index (χ0v) is 24.3. The number of hydrogen-bond acceptors (Lipinski definition) is 9. The minimum atomic E-state index is -1.02. The summed E-state index contributed by atoms with van der Waals surface area (Å²) in [6.07, 6.45) is 1.27. The van der Waals surface area contributed by atoms with Crippen LogP contribution in [0.3, 0.4) is 0 Å². The summed E-state index contributed by atoms with van der Waals surface area (Å²) in [5, 5.41) is 1.94. The second kappa shape index (κ2) is 11.9. The second-order valence-electron chi connectivity index (χ2n) is 10.4. The molecule has 43 heavy (non-hydrogen) atoms. The molecule has 3 aliphatic heterocycles. The van der Waals surface area contributed by atoms with Crippen molar-refractivity contribution in [3.8, 4) is 5.75 Å². The van der Waals surface area contributed by atoms with Crippen LogP contribution in [-0.2, 0) is 20.0 Å². The third kappa shape index (κ3) is 5.10. The Morgan fingerprint density at radius 3 is 2.65 bits per heavy atom. The van der Waals surface area contributed by atoms with Gasteiger partial charge >= 0.3 is 6.16 Å². The molecule has 1 fully saturated rings. The van der Waals surface area contributed by atoms with Crippen molar-refractivity contribution in [3.63, 3.8) is 0 Å². The molecule has 3 aromatic rings. The van der Waals surface area contributed by atoms with Gasteiger partial charge in [-0.2, -0.15) is 0 Å². The van der Waals surface area contributed by atoms with E-state index < -0.39 is 48.1 Å². The predicted octanol–water partition coefficient (Wildman–Crippen LogP) is 4.42. The Morgan fingerprint density at radius 2 is 1.86 bits per heavy atom. The molecule has 0 bridgehead atoms. The first-order valence-corrected chi connectivity index (χ1v) is 14.7. The third-order valence-electron chi connectivity index (χ3n) is 8.03. The third-order valence-corrected chi connectivity index (χ3v) is 9.14. The number of benzene rings is 2. The molecule has 0 radical (unpaired) electrons. The molecule has 1 saturated heterocycles. The maximum absolute atomic E-state index is 15.4. The minimum Gasteiger partial charge on any atom is -0.451 e. The van der Waals surface area contributed by atoms with Gasteiger partial charge in [-0.15, -0.1) is 11.8 Å². The standard InChI is InChI=1S/C30H29F2N3O7S/c1-39-14-17-7-10-24-33(13-17)29(37)27-28(41-16-42-30(38)40-2)22(36)11-12-34(27)35(24)26-18-8-9-21(31)25(32)20(18)15-43-23-6-4-3-5-19(23)26/h3-6,8-9,11-12,17,24,26H,7,10,13-16H2,1-2H3/t17?,24-,26+/m1/s1. The van der Waals surface area contributed by atoms with Crippen molar-refractivity contribution in [3.05, 3.63) is 92.9 Å². The van der Waals surface area contributed by atoms with E-state index in [0.717, 1.165) is 30.1 Å². The average molecular weight is 614 g/mol. The number of hydrogen-bond donors (Lipinski definition) is 0. The molecule has 1 aromatic heterocycles. The molecule has 2 aromatic carbocycles. The lowest BCUT2D eigenvalue weighted by Gasteiger charge is -2.53. The number of carbonyl (C=O) groups is 2. The quantitative estimate of drug-likeness (QED) is 0.296. The van der Waals surface area contributed by atoms with Gasteiger partial charge in [0.1, 0.15) is 6.17 Å². The Labute approximate surface area is 250 Å². The van der Waals surface area contributed by atoms with Crippen molar-refractivity contribution in [1.29, 1.82) is 0 Å². The van der Waals surface area contributed by atoms with Crippen LogP contribution in [0.4, 0.5) is 13.6 Å². The lowest BCUT2D eigenvalue weighted by Crippen LogP contribution is -2.65. The van der Waals surface area contributed by atoms with Gasteiger partial charge in [0.25, 0.3) is 5.91 Å². The summed E-state index contributed by atoms with van der Waals surface area (Å²) >= 11 is 1.41. The highest BCUT2D eigenvalue weighted by Gasteiger charge is 2.47. The average Bonchev–Trinajstić information content (AvgIpc) is 3.18. The molecular weight excluding hydrogens is 584 g/mol. The van der Waals surface area contributed by atoms with Crippen molar-refractivity contribution in [2.24, 2.45) is 5.92 Å². The van der Waals surface area contributed by atoms with Crippen LogP contribution in [0.25, 0.3) is 0 Å². The largest absolute Gasteiger partial charge is 0.510 e. The van der Waals surface area contributed by atoms with Crippen LogP contribution < -0.4 is 15.2 Å². The number of amides is 1. The van der Waals surface area contributed by atoms with Crippen LogP contribution in [-0.4, -0.2) is 62.0 Å². The summed E-state index contributed by atoms with van der Waals surface area (Å²) in [6, 6.07) is 10.9. The number of methoxy groups -OCH3 is 2. The summed E-state index contributed by atoms with van der Waals surface area (Å²) in [7, 11) is 2.73. The molecule has 4 heterocycles. The number of ether oxygens (including phenoxy) is 4. The van der Waals surface area contributed by atoms with Crippen LogP contribution in [0.15, 0.2) is 58.4 Å². The van der Waals surface area contributed by atoms with Gasteiger partial charge in [-0.3, -0.25) is 19.3 Å². The van der Waals surface area contributed by atoms with Gasteiger partial charge in [-0.05, 0) is 36.1 Å². The van der Waals surface area contributed by atoms with E-state index in [1.165, 1.54) is 24.0 Å². The van der Waals surface area contributed by atoms with E-state index >= 15 is 4.39 Å². The Balaban J connectivity index is 1.57. The Hall–Kier alpha value is -4.10. The minimum absolute atomic E-state index is 0.0388. The Kier molecular flexibility index (Phi) is 8.01. The van der Waals surface area contributed by atoms with Crippen molar-refractivity contribution in [2.45, 2.75) is 35.7 Å². The number of aromatic nitrogens is 1. The van der Waals surface area contributed by atoms with Crippen LogP contribution in [0.2, 0.25) is 0 Å². The Morgan fingerprint density at radius 1 is 1.05 bits per heavy atom. The SMILES string of the molecule is COCC1CC[C@@H]2N(C1)C(=O)c1c(OCOC(=O)OC)c(=O)ccn1N2[C@@H]1c2ccccc2SCc2c1ccc(F)c2F. The first-order chi connectivity index (χ1) is 20.8. The van der Waals surface area contributed by atoms with E-state index in [1.807, 2.05) is 29.3 Å². The van der Waals surface area contributed by atoms with Crippen LogP contribution >= 0.6 is 11.8 Å². The number of piperidine rings is 1. The van der Waals surface area contributed by atoms with Crippen LogP contribution in [0, 0.1) is 17.6 Å². The molecule has 0 aliphatic carbocycles. The highest BCUT2D eigenvalue weighted by Crippen LogP contribution is 2.46. The van der Waals surface area contributed by atoms with Crippen molar-refractivity contribution in [2.75, 3.05) is 39.2 Å². The molecule has 226 valence electrons. The summed E-state index contributed by atoms with van der Waals surface area (Å²) in [5.74, 6) is -2.37. The first-order valence-electron chi connectivity index (χ1n) is 13.7. The van der Waals surface area contributed by atoms with Gasteiger partial charge in [0.15, 0.2) is 17.3 Å². The molecule has 3 atom stereocenters. The van der Waals surface area contributed by atoms with Gasteiger partial charge in [0.2, 0.25) is 18.0 Å². The van der Waals surface area contributed by atoms with Crippen molar-refractivity contribution < 1.29 is 37.3 Å². The first kappa shape index (κ1) is 29.0. The molecule has 10 nitrogen and oxygen atoms in total. The summed E-state index contributed by atoms with van der Waals surface area (Å²) < 4.78 is 51.8. The number of rotatable bonds is 6. The molecule has 0 saturated carbocycles. The molecule has 1 unspecified atom stereocenters. The summed E-state index contributed by atoms with van der Waals surface area (Å²) in [4.78, 5) is 41.4. The fraction of sp³-hybridized carbons (Fsp3) is 0.367. The summed E-state index contributed by atoms with van der Waals surface area (Å²) in [5.41, 5.74) is 0.946. The number of nitrogens with zero attached hydrogens (tertiary/aromatic N) is 3. The maximum atomic E-state index is 15.4. The lowest BCUT2D eigenvalue weighted by atomic mass is 9.90. The van der Waals surface area contributed by atoms with Gasteiger partial charge in [0, 0.05) is 48.0 Å². The smallest absolute Gasteiger partial charge is 0.451 e. The van der Waals surface area contributed by atoms with Crippen LogP contribution in [0.5, 0.6) is 5.75 Å². The van der Waals surface area contributed by atoms with E-state index in [0.29, 0.717) is 25.1 Å². The molecule has 0 N–H and O–H groups in total. The maximum Gasteiger partial charge on any atom is 0.510 e. The predicted molar refractivity (Wildman–Crippen MR) is 152 cm³/mol. The fourth-order valence-electron chi connectivity index (χ4n) is 6.16. The van der Waals surface area contributed by atoms with Crippen molar-refractivity contribution in [1.82, 2.24) is 9.58 Å². The monoisotopic (exact) mass is 613 g/mol. The lowest BCUT2D eigenvalue weighted by molar-refractivity contribution is 0.0104. The molecular formula is C30H29F2N3O7S. The number of thioether (sulfide) groups is 1. The zero-order chi connectivity index (χ0) is 30.2. The van der Waals surface area contributed by atoms with Gasteiger partial charge in [0.05, 0.1) is 19.8 Å².